The van der Waals surface area contributed by atoms with Gasteiger partial charge >= 0.3 is 0 Å². The van der Waals surface area contributed by atoms with Crippen molar-refractivity contribution >= 4 is 37.5 Å². The second-order valence-electron chi connectivity index (χ2n) is 9.97. The first-order valence-electron chi connectivity index (χ1n) is 10.2. The van der Waals surface area contributed by atoms with Gasteiger partial charge in [-0.05, 0) is 83.7 Å². The molecular weight excluding hydrogens is 418 g/mol. The highest BCUT2D eigenvalue weighted by Gasteiger charge is 2.19. The summed E-state index contributed by atoms with van der Waals surface area (Å²) in [5.41, 5.74) is 5.12. The zero-order valence-electron chi connectivity index (χ0n) is 18.1. The van der Waals surface area contributed by atoms with Crippen molar-refractivity contribution in [3.63, 3.8) is 0 Å². The smallest absolute Gasteiger partial charge is 0.106 e. The van der Waals surface area contributed by atoms with E-state index in [-0.39, 0.29) is 10.8 Å². The van der Waals surface area contributed by atoms with Gasteiger partial charge in [0.05, 0.1) is 5.69 Å². The summed E-state index contributed by atoms with van der Waals surface area (Å²) in [4.78, 5) is 4.82. The SMILES string of the molecule is CC(C)(C)c1ccc2c(-c3cccc(Br)n3)c3cc(C(C)(C)C)ccc3cc2c1. The normalized spacial score (nSPS) is 12.7. The summed E-state index contributed by atoms with van der Waals surface area (Å²) >= 11 is 3.56. The van der Waals surface area contributed by atoms with Gasteiger partial charge in [0.2, 0.25) is 0 Å². The van der Waals surface area contributed by atoms with Crippen molar-refractivity contribution in [1.82, 2.24) is 4.98 Å². The second kappa shape index (κ2) is 6.95. The highest BCUT2D eigenvalue weighted by molar-refractivity contribution is 9.10. The lowest BCUT2D eigenvalue weighted by Crippen LogP contribution is -2.11. The van der Waals surface area contributed by atoms with Crippen molar-refractivity contribution in [3.8, 4) is 11.3 Å². The fourth-order valence-corrected chi connectivity index (χ4v) is 4.22. The number of fused-ring (bicyclic) bond motifs is 2. The maximum atomic E-state index is 4.82. The number of rotatable bonds is 1. The van der Waals surface area contributed by atoms with Crippen LogP contribution >= 0.6 is 15.9 Å². The predicted molar refractivity (Wildman–Crippen MR) is 130 cm³/mol. The van der Waals surface area contributed by atoms with Gasteiger partial charge < -0.3 is 0 Å². The Hall–Kier alpha value is -2.19. The molecule has 0 spiro atoms. The van der Waals surface area contributed by atoms with Gasteiger partial charge in [0, 0.05) is 5.56 Å². The van der Waals surface area contributed by atoms with Gasteiger partial charge in [0.1, 0.15) is 4.60 Å². The zero-order chi connectivity index (χ0) is 21.0. The molecule has 0 saturated carbocycles. The fraction of sp³-hybridized carbons (Fsp3) is 0.296. The number of halogens is 1. The molecule has 0 bridgehead atoms. The third-order valence-corrected chi connectivity index (χ3v) is 6.10. The first-order chi connectivity index (χ1) is 13.5. The summed E-state index contributed by atoms with van der Waals surface area (Å²) in [6.45, 7) is 13.6. The lowest BCUT2D eigenvalue weighted by molar-refractivity contribution is 0.590. The lowest BCUT2D eigenvalue weighted by atomic mass is 9.82. The Balaban J connectivity index is 2.14. The quantitative estimate of drug-likeness (QED) is 0.211. The first-order valence-corrected chi connectivity index (χ1v) is 11.0. The maximum Gasteiger partial charge on any atom is 0.106 e. The second-order valence-corrected chi connectivity index (χ2v) is 10.8. The monoisotopic (exact) mass is 445 g/mol. The topological polar surface area (TPSA) is 12.9 Å². The first kappa shape index (κ1) is 20.1. The van der Waals surface area contributed by atoms with Crippen LogP contribution in [-0.4, -0.2) is 4.98 Å². The molecule has 1 aromatic heterocycles. The van der Waals surface area contributed by atoms with Crippen LogP contribution in [-0.2, 0) is 10.8 Å². The number of aromatic nitrogens is 1. The summed E-state index contributed by atoms with van der Waals surface area (Å²) in [6, 6.07) is 22.2. The van der Waals surface area contributed by atoms with Crippen LogP contribution in [0.25, 0.3) is 32.8 Å². The van der Waals surface area contributed by atoms with E-state index in [1.54, 1.807) is 0 Å². The number of hydrogen-bond acceptors (Lipinski definition) is 1. The summed E-state index contributed by atoms with van der Waals surface area (Å²) < 4.78 is 0.860. The molecule has 0 aliphatic rings. The minimum atomic E-state index is 0.0984. The van der Waals surface area contributed by atoms with Crippen molar-refractivity contribution in [3.05, 3.63) is 76.4 Å². The molecule has 0 amide bonds. The van der Waals surface area contributed by atoms with E-state index in [1.165, 1.54) is 38.2 Å². The largest absolute Gasteiger partial charge is 0.241 e. The summed E-state index contributed by atoms with van der Waals surface area (Å²) in [5, 5.41) is 5.04. The van der Waals surface area contributed by atoms with Crippen molar-refractivity contribution in [2.24, 2.45) is 0 Å². The molecule has 0 atom stereocenters. The molecular formula is C27H28BrN. The molecule has 1 nitrogen and oxygen atoms in total. The Labute approximate surface area is 182 Å². The average Bonchev–Trinajstić information content (AvgIpc) is 2.63. The Kier molecular flexibility index (Phi) is 4.82. The van der Waals surface area contributed by atoms with E-state index < -0.39 is 0 Å². The van der Waals surface area contributed by atoms with Crippen LogP contribution in [0.3, 0.4) is 0 Å². The van der Waals surface area contributed by atoms with Crippen molar-refractivity contribution in [1.29, 1.82) is 0 Å². The highest BCUT2D eigenvalue weighted by Crippen LogP contribution is 2.39. The average molecular weight is 446 g/mol. The Morgan fingerprint density at radius 2 is 1.31 bits per heavy atom. The zero-order valence-corrected chi connectivity index (χ0v) is 19.7. The van der Waals surface area contributed by atoms with Crippen LogP contribution in [0.4, 0.5) is 0 Å². The van der Waals surface area contributed by atoms with Crippen LogP contribution in [0.15, 0.2) is 65.3 Å². The maximum absolute atomic E-state index is 4.82. The molecule has 4 rings (SSSR count). The van der Waals surface area contributed by atoms with Gasteiger partial charge in [0.25, 0.3) is 0 Å². The number of hydrogen-bond donors (Lipinski definition) is 0. The minimum Gasteiger partial charge on any atom is -0.241 e. The molecule has 2 heteroatoms. The van der Waals surface area contributed by atoms with Gasteiger partial charge in [-0.2, -0.15) is 0 Å². The number of nitrogens with zero attached hydrogens (tertiary/aromatic N) is 1. The van der Waals surface area contributed by atoms with Gasteiger partial charge in [-0.15, -0.1) is 0 Å². The van der Waals surface area contributed by atoms with Gasteiger partial charge in [-0.25, -0.2) is 4.98 Å². The van der Waals surface area contributed by atoms with E-state index in [2.05, 4.69) is 112 Å². The summed E-state index contributed by atoms with van der Waals surface area (Å²) in [7, 11) is 0. The minimum absolute atomic E-state index is 0.0984. The van der Waals surface area contributed by atoms with E-state index in [4.69, 9.17) is 4.98 Å². The number of pyridine rings is 1. The molecule has 3 aromatic carbocycles. The van der Waals surface area contributed by atoms with E-state index in [0.29, 0.717) is 0 Å². The summed E-state index contributed by atoms with van der Waals surface area (Å²) in [6.07, 6.45) is 0. The molecule has 0 radical (unpaired) electrons. The van der Waals surface area contributed by atoms with E-state index in [9.17, 15) is 0 Å². The Morgan fingerprint density at radius 3 is 1.97 bits per heavy atom. The van der Waals surface area contributed by atoms with Gasteiger partial charge in [-0.3, -0.25) is 0 Å². The predicted octanol–water partition coefficient (Wildman–Crippen LogP) is 8.41. The third kappa shape index (κ3) is 3.83. The lowest BCUT2D eigenvalue weighted by Gasteiger charge is -2.22. The van der Waals surface area contributed by atoms with Gasteiger partial charge in [0.15, 0.2) is 0 Å². The van der Waals surface area contributed by atoms with Crippen molar-refractivity contribution < 1.29 is 0 Å². The molecule has 0 aliphatic heterocycles. The van der Waals surface area contributed by atoms with Crippen LogP contribution < -0.4 is 0 Å². The van der Waals surface area contributed by atoms with Gasteiger partial charge in [-0.1, -0.05) is 77.9 Å². The molecule has 29 heavy (non-hydrogen) atoms. The molecule has 148 valence electrons. The molecule has 0 unspecified atom stereocenters. The van der Waals surface area contributed by atoms with Crippen molar-refractivity contribution in [2.75, 3.05) is 0 Å². The third-order valence-electron chi connectivity index (χ3n) is 5.66. The molecule has 1 heterocycles. The van der Waals surface area contributed by atoms with E-state index >= 15 is 0 Å². The van der Waals surface area contributed by atoms with E-state index in [0.717, 1.165) is 10.3 Å². The standard InChI is InChI=1S/C27H28BrN/c1-26(2,3)19-12-13-21-18(15-19)14-17-10-11-20(27(4,5)6)16-22(17)25(21)23-8-7-9-24(28)29-23/h7-16H,1-6H3. The molecule has 0 fully saturated rings. The molecule has 0 aliphatic carbocycles. The van der Waals surface area contributed by atoms with Crippen LogP contribution in [0.1, 0.15) is 52.7 Å². The summed E-state index contributed by atoms with van der Waals surface area (Å²) in [5.74, 6) is 0. The Bertz CT molecular complexity index is 1220. The molecule has 4 aromatic rings. The van der Waals surface area contributed by atoms with Crippen LogP contribution in [0, 0.1) is 0 Å². The molecule has 0 saturated heterocycles. The van der Waals surface area contributed by atoms with E-state index in [1.807, 2.05) is 6.07 Å². The molecule has 0 N–H and O–H groups in total. The number of benzene rings is 3. The highest BCUT2D eigenvalue weighted by atomic mass is 79.9. The van der Waals surface area contributed by atoms with Crippen LogP contribution in [0.2, 0.25) is 0 Å². The van der Waals surface area contributed by atoms with Crippen molar-refractivity contribution in [2.45, 2.75) is 52.4 Å². The Morgan fingerprint density at radius 1 is 0.655 bits per heavy atom. The fourth-order valence-electron chi connectivity index (χ4n) is 3.88. The van der Waals surface area contributed by atoms with Crippen LogP contribution in [0.5, 0.6) is 0 Å².